The number of ether oxygens (including phenoxy) is 1. The highest BCUT2D eigenvalue weighted by Gasteiger charge is 2.43. The van der Waals surface area contributed by atoms with Crippen LogP contribution in [0.3, 0.4) is 0 Å². The van der Waals surface area contributed by atoms with Crippen LogP contribution in [-0.4, -0.2) is 50.4 Å². The van der Waals surface area contributed by atoms with Gasteiger partial charge in [0.1, 0.15) is 12.1 Å². The number of nitrogens with zero attached hydrogens (tertiary/aromatic N) is 2. The Labute approximate surface area is 194 Å². The van der Waals surface area contributed by atoms with Gasteiger partial charge in [-0.05, 0) is 35.1 Å². The number of amides is 2. The van der Waals surface area contributed by atoms with E-state index >= 15 is 0 Å². The summed E-state index contributed by atoms with van der Waals surface area (Å²) in [4.78, 5) is 40.5. The quantitative estimate of drug-likeness (QED) is 0.440. The number of hydrogen-bond acceptors (Lipinski definition) is 6. The van der Waals surface area contributed by atoms with Gasteiger partial charge in [-0.2, -0.15) is 4.98 Å². The van der Waals surface area contributed by atoms with Crippen LogP contribution in [-0.2, 0) is 9.53 Å². The maximum absolute atomic E-state index is 12.5. The third kappa shape index (κ3) is 3.87. The van der Waals surface area contributed by atoms with Gasteiger partial charge in [-0.15, -0.1) is 5.10 Å². The molecule has 1 saturated carbocycles. The Kier molecular flexibility index (Phi) is 5.48. The zero-order valence-corrected chi connectivity index (χ0v) is 18.2. The van der Waals surface area contributed by atoms with Crippen molar-refractivity contribution in [1.29, 1.82) is 0 Å². The van der Waals surface area contributed by atoms with Crippen molar-refractivity contribution in [3.8, 4) is 11.1 Å². The van der Waals surface area contributed by atoms with Crippen LogP contribution in [0.15, 0.2) is 48.5 Å². The van der Waals surface area contributed by atoms with Gasteiger partial charge in [-0.3, -0.25) is 15.2 Å². The summed E-state index contributed by atoms with van der Waals surface area (Å²) in [5.41, 5.74) is 3.13. The minimum Gasteiger partial charge on any atom is -0.480 e. The van der Waals surface area contributed by atoms with E-state index in [9.17, 15) is 19.5 Å². The van der Waals surface area contributed by atoms with Crippen molar-refractivity contribution in [3.63, 3.8) is 0 Å². The predicted molar refractivity (Wildman–Crippen MR) is 121 cm³/mol. The zero-order chi connectivity index (χ0) is 23.7. The molecular formula is C24H23N5O5. The van der Waals surface area contributed by atoms with Gasteiger partial charge >= 0.3 is 12.1 Å². The molecule has 0 aliphatic heterocycles. The van der Waals surface area contributed by atoms with Crippen LogP contribution in [0, 0.1) is 0 Å². The topological polar surface area (TPSA) is 146 Å². The van der Waals surface area contributed by atoms with Gasteiger partial charge in [0, 0.05) is 5.92 Å². The number of aliphatic carboxylic acids is 1. The molecule has 0 saturated heterocycles. The summed E-state index contributed by atoms with van der Waals surface area (Å²) in [6, 6.07) is 16.0. The number of carbonyl (C=O) groups is 3. The number of rotatable bonds is 6. The number of carboxylic acids is 1. The van der Waals surface area contributed by atoms with Crippen LogP contribution in [0.4, 0.5) is 10.7 Å². The van der Waals surface area contributed by atoms with Crippen LogP contribution in [0.2, 0.25) is 0 Å². The number of carboxylic acid groups (broad SMARTS) is 1. The van der Waals surface area contributed by atoms with E-state index in [1.807, 2.05) is 36.4 Å². The van der Waals surface area contributed by atoms with E-state index in [2.05, 4.69) is 37.9 Å². The number of aromatic amines is 1. The first-order chi connectivity index (χ1) is 16.5. The maximum Gasteiger partial charge on any atom is 0.414 e. The number of fused-ring (bicyclic) bond motifs is 3. The number of nitrogens with one attached hydrogen (secondary N) is 3. The normalized spacial score (nSPS) is 15.9. The standard InChI is InChI=1S/C24H23N5O5/c30-20(27-24(21(31)32)11-5-6-12-24)19-25-22(29-28-19)26-23(33)34-13-18-16-9-3-1-7-14(16)15-8-2-4-10-17(15)18/h1-4,7-10,18H,5-6,11-13H2,(H,27,30)(H,31,32)(H2,25,26,28,29,33). The molecule has 3 aromatic rings. The molecule has 4 N–H and O–H groups in total. The molecular weight excluding hydrogens is 438 g/mol. The summed E-state index contributed by atoms with van der Waals surface area (Å²) in [5, 5.41) is 20.7. The molecule has 0 bridgehead atoms. The molecule has 0 radical (unpaired) electrons. The molecule has 174 valence electrons. The number of hydrogen-bond donors (Lipinski definition) is 4. The molecule has 2 aromatic carbocycles. The van der Waals surface area contributed by atoms with E-state index < -0.39 is 23.5 Å². The fourth-order valence-corrected chi connectivity index (χ4v) is 4.79. The van der Waals surface area contributed by atoms with Gasteiger partial charge in [0.05, 0.1) is 0 Å². The van der Waals surface area contributed by atoms with Gasteiger partial charge in [-0.1, -0.05) is 61.4 Å². The Balaban J connectivity index is 1.21. The van der Waals surface area contributed by atoms with Crippen LogP contribution < -0.4 is 10.6 Å². The lowest BCUT2D eigenvalue weighted by atomic mass is 9.98. The van der Waals surface area contributed by atoms with Crippen molar-refractivity contribution in [3.05, 3.63) is 65.5 Å². The Hall–Kier alpha value is -4.21. The molecule has 1 aromatic heterocycles. The lowest BCUT2D eigenvalue weighted by Crippen LogP contribution is -2.52. The maximum atomic E-state index is 12.5. The van der Waals surface area contributed by atoms with Gasteiger partial charge < -0.3 is 15.2 Å². The van der Waals surface area contributed by atoms with Crippen LogP contribution in [0.5, 0.6) is 0 Å². The van der Waals surface area contributed by atoms with Crippen molar-refractivity contribution in [2.75, 3.05) is 11.9 Å². The fraction of sp³-hybridized carbons (Fsp3) is 0.292. The molecule has 2 aliphatic rings. The molecule has 2 aliphatic carbocycles. The van der Waals surface area contributed by atoms with Crippen LogP contribution >= 0.6 is 0 Å². The molecule has 10 nitrogen and oxygen atoms in total. The highest BCUT2D eigenvalue weighted by molar-refractivity contribution is 5.95. The molecule has 0 unspecified atom stereocenters. The van der Waals surface area contributed by atoms with Gasteiger partial charge in [0.15, 0.2) is 0 Å². The molecule has 1 fully saturated rings. The smallest absolute Gasteiger partial charge is 0.414 e. The molecule has 10 heteroatoms. The summed E-state index contributed by atoms with van der Waals surface area (Å²) in [6.45, 7) is 0.124. The molecule has 2 amide bonds. The average Bonchev–Trinajstić information content (AvgIpc) is 3.56. The van der Waals surface area contributed by atoms with Crippen LogP contribution in [0.1, 0.15) is 53.3 Å². The summed E-state index contributed by atoms with van der Waals surface area (Å²) in [7, 11) is 0. The second kappa shape index (κ2) is 8.62. The number of H-pyrrole nitrogens is 1. The van der Waals surface area contributed by atoms with E-state index in [0.717, 1.165) is 35.1 Å². The molecule has 5 rings (SSSR count). The van der Waals surface area contributed by atoms with E-state index in [4.69, 9.17) is 4.74 Å². The average molecular weight is 461 g/mol. The zero-order valence-electron chi connectivity index (χ0n) is 18.2. The molecule has 0 spiro atoms. The van der Waals surface area contributed by atoms with E-state index in [1.54, 1.807) is 0 Å². The van der Waals surface area contributed by atoms with Gasteiger partial charge in [0.25, 0.3) is 11.9 Å². The predicted octanol–water partition coefficient (Wildman–Crippen LogP) is 3.29. The second-order valence-electron chi connectivity index (χ2n) is 8.51. The van der Waals surface area contributed by atoms with Crippen molar-refractivity contribution in [1.82, 2.24) is 20.5 Å². The van der Waals surface area contributed by atoms with E-state index in [1.165, 1.54) is 0 Å². The SMILES string of the molecule is O=C(Nc1n[nH]c(C(=O)NC2(C(=O)O)CCCC2)n1)OCC1c2ccccc2-c2ccccc21. The molecule has 0 atom stereocenters. The number of carbonyl (C=O) groups excluding carboxylic acids is 2. The third-order valence-electron chi connectivity index (χ3n) is 6.48. The highest BCUT2D eigenvalue weighted by Crippen LogP contribution is 2.44. The number of aromatic nitrogens is 3. The minimum atomic E-state index is -1.30. The molecule has 1 heterocycles. The Bertz CT molecular complexity index is 1220. The highest BCUT2D eigenvalue weighted by atomic mass is 16.5. The Morgan fingerprint density at radius 2 is 1.65 bits per heavy atom. The van der Waals surface area contributed by atoms with Crippen molar-refractivity contribution >= 4 is 23.9 Å². The first kappa shape index (κ1) is 21.6. The summed E-state index contributed by atoms with van der Waals surface area (Å²) >= 11 is 0. The minimum absolute atomic E-state index is 0.0924. The van der Waals surface area contributed by atoms with Crippen LogP contribution in [0.25, 0.3) is 11.1 Å². The summed E-state index contributed by atoms with van der Waals surface area (Å²) in [6.07, 6.45) is 1.39. The number of benzene rings is 2. The first-order valence-corrected chi connectivity index (χ1v) is 11.1. The molecule has 34 heavy (non-hydrogen) atoms. The Morgan fingerprint density at radius 3 is 2.26 bits per heavy atom. The Morgan fingerprint density at radius 1 is 1.03 bits per heavy atom. The number of anilines is 1. The van der Waals surface area contributed by atoms with Crippen molar-refractivity contribution in [2.24, 2.45) is 0 Å². The first-order valence-electron chi connectivity index (χ1n) is 11.1. The lowest BCUT2D eigenvalue weighted by Gasteiger charge is -2.24. The van der Waals surface area contributed by atoms with E-state index in [-0.39, 0.29) is 24.3 Å². The van der Waals surface area contributed by atoms with Gasteiger partial charge in [0.2, 0.25) is 5.82 Å². The van der Waals surface area contributed by atoms with Crippen molar-refractivity contribution < 1.29 is 24.2 Å². The summed E-state index contributed by atoms with van der Waals surface area (Å²) in [5.74, 6) is -2.20. The van der Waals surface area contributed by atoms with Crippen molar-refractivity contribution in [2.45, 2.75) is 37.1 Å². The monoisotopic (exact) mass is 461 g/mol. The third-order valence-corrected chi connectivity index (χ3v) is 6.48. The van der Waals surface area contributed by atoms with E-state index in [0.29, 0.717) is 12.8 Å². The second-order valence-corrected chi connectivity index (χ2v) is 8.51. The fourth-order valence-electron chi connectivity index (χ4n) is 4.79. The summed E-state index contributed by atoms with van der Waals surface area (Å²) < 4.78 is 5.45. The largest absolute Gasteiger partial charge is 0.480 e. The van der Waals surface area contributed by atoms with Gasteiger partial charge in [-0.25, -0.2) is 9.59 Å². The lowest BCUT2D eigenvalue weighted by molar-refractivity contribution is -0.144.